The number of rotatable bonds is 4. The van der Waals surface area contributed by atoms with Crippen molar-refractivity contribution >= 4 is 38.9 Å². The topological polar surface area (TPSA) is 92.9 Å². The van der Waals surface area contributed by atoms with Gasteiger partial charge in [-0.3, -0.25) is 14.5 Å². The van der Waals surface area contributed by atoms with Crippen molar-refractivity contribution in [1.29, 1.82) is 0 Å². The molecule has 3 aromatic heterocycles. The summed E-state index contributed by atoms with van der Waals surface area (Å²) in [6, 6.07) is 2.79. The van der Waals surface area contributed by atoms with E-state index < -0.39 is 11.7 Å². The number of hydrogen-bond acceptors (Lipinski definition) is 6. The van der Waals surface area contributed by atoms with Crippen LogP contribution < -0.4 is 5.32 Å². The highest BCUT2D eigenvalue weighted by Gasteiger charge is 2.31. The maximum atomic E-state index is 14.2. The number of thiazole rings is 1. The second-order valence-electron chi connectivity index (χ2n) is 5.92. The molecule has 0 bridgehead atoms. The average molecular weight is 438 g/mol. The van der Waals surface area contributed by atoms with E-state index in [0.29, 0.717) is 22.4 Å². The highest BCUT2D eigenvalue weighted by molar-refractivity contribution is 9.11. The minimum atomic E-state index is -0.529. The van der Waals surface area contributed by atoms with Crippen molar-refractivity contribution in [3.05, 3.63) is 45.3 Å². The summed E-state index contributed by atoms with van der Waals surface area (Å²) in [7, 11) is 0. The molecule has 0 unspecified atom stereocenters. The molecule has 1 fully saturated rings. The number of aliphatic hydroxyl groups excluding tert-OH is 1. The Bertz CT molecular complexity index is 969. The lowest BCUT2D eigenvalue weighted by Crippen LogP contribution is -2.31. The first-order chi connectivity index (χ1) is 12.5. The van der Waals surface area contributed by atoms with Crippen LogP contribution in [0.3, 0.4) is 0 Å². The van der Waals surface area contributed by atoms with E-state index in [1.165, 1.54) is 29.7 Å². The second kappa shape index (κ2) is 6.86. The van der Waals surface area contributed by atoms with Gasteiger partial charge in [-0.2, -0.15) is 5.10 Å². The lowest BCUT2D eigenvalue weighted by atomic mass is 9.90. The Kier molecular flexibility index (Phi) is 4.55. The van der Waals surface area contributed by atoms with Gasteiger partial charge in [0.1, 0.15) is 17.1 Å². The molecular formula is C16H13BrFN5O2S. The van der Waals surface area contributed by atoms with Gasteiger partial charge in [0.2, 0.25) is 0 Å². The van der Waals surface area contributed by atoms with Gasteiger partial charge in [-0.25, -0.2) is 9.37 Å². The van der Waals surface area contributed by atoms with E-state index in [2.05, 4.69) is 36.3 Å². The van der Waals surface area contributed by atoms with Gasteiger partial charge in [0, 0.05) is 17.8 Å². The number of amides is 1. The van der Waals surface area contributed by atoms with Gasteiger partial charge < -0.3 is 10.4 Å². The number of halogens is 2. The van der Waals surface area contributed by atoms with Gasteiger partial charge in [-0.15, -0.1) is 11.3 Å². The third kappa shape index (κ3) is 3.27. The first-order valence-corrected chi connectivity index (χ1v) is 9.49. The summed E-state index contributed by atoms with van der Waals surface area (Å²) >= 11 is 4.51. The fourth-order valence-corrected chi connectivity index (χ4v) is 3.71. The molecule has 0 saturated heterocycles. The summed E-state index contributed by atoms with van der Waals surface area (Å²) in [5.41, 5.74) is 0.896. The van der Waals surface area contributed by atoms with Crippen LogP contribution in [-0.4, -0.2) is 36.9 Å². The molecule has 1 aliphatic carbocycles. The number of carbonyl (C=O) groups excluding carboxylic acids is 1. The van der Waals surface area contributed by atoms with Crippen molar-refractivity contribution in [2.45, 2.75) is 25.0 Å². The molecule has 0 aromatic carbocycles. The predicted octanol–water partition coefficient (Wildman–Crippen LogP) is 3.25. The molecule has 4 rings (SSSR count). The number of hydrogen-bond donors (Lipinski definition) is 2. The summed E-state index contributed by atoms with van der Waals surface area (Å²) in [4.78, 5) is 20.6. The summed E-state index contributed by atoms with van der Waals surface area (Å²) in [5, 5.41) is 18.3. The van der Waals surface area contributed by atoms with Crippen LogP contribution in [-0.2, 0) is 0 Å². The molecule has 7 nitrogen and oxygen atoms in total. The summed E-state index contributed by atoms with van der Waals surface area (Å²) < 4.78 is 16.4. The molecule has 2 N–H and O–H groups in total. The van der Waals surface area contributed by atoms with Gasteiger partial charge >= 0.3 is 0 Å². The van der Waals surface area contributed by atoms with Crippen LogP contribution in [0.1, 0.15) is 29.4 Å². The Labute approximate surface area is 160 Å². The molecular weight excluding hydrogens is 425 g/mol. The van der Waals surface area contributed by atoms with E-state index in [9.17, 15) is 14.3 Å². The van der Waals surface area contributed by atoms with Crippen molar-refractivity contribution < 1.29 is 14.3 Å². The molecule has 10 heteroatoms. The van der Waals surface area contributed by atoms with E-state index in [1.54, 1.807) is 16.3 Å². The summed E-state index contributed by atoms with van der Waals surface area (Å²) in [5.74, 6) is -0.948. The molecule has 26 heavy (non-hydrogen) atoms. The Balaban J connectivity index is 1.69. The van der Waals surface area contributed by atoms with Crippen molar-refractivity contribution in [3.8, 4) is 11.4 Å². The highest BCUT2D eigenvalue weighted by Crippen LogP contribution is 2.35. The zero-order valence-electron chi connectivity index (χ0n) is 13.3. The molecule has 0 spiro atoms. The Hall–Kier alpha value is -2.17. The molecule has 1 aliphatic rings. The SMILES string of the molecule is O=C(Nc1cn(C2CC(O)C2)nc1-c1ncccc1F)c1csc(Br)n1. The standard InChI is InChI=1S/C16H13BrFN5O2S/c17-16-21-12(7-26-16)15(25)20-11-6-23(8-4-9(24)5-8)22-14(11)13-10(18)2-1-3-19-13/h1-3,6-9,24H,4-5H2,(H,20,25). The number of aliphatic hydroxyl groups is 1. The van der Waals surface area contributed by atoms with Crippen LogP contribution >= 0.6 is 27.3 Å². The maximum absolute atomic E-state index is 14.2. The molecule has 3 aromatic rings. The summed E-state index contributed by atoms with van der Waals surface area (Å²) in [6.07, 6.45) is 3.88. The van der Waals surface area contributed by atoms with Crippen LogP contribution in [0.15, 0.2) is 33.8 Å². The van der Waals surface area contributed by atoms with Crippen LogP contribution in [0.4, 0.5) is 10.1 Å². The number of nitrogens with one attached hydrogen (secondary N) is 1. The third-order valence-corrected chi connectivity index (χ3v) is 5.50. The highest BCUT2D eigenvalue weighted by atomic mass is 79.9. The smallest absolute Gasteiger partial charge is 0.275 e. The fraction of sp³-hybridized carbons (Fsp3) is 0.250. The molecule has 3 heterocycles. The van der Waals surface area contributed by atoms with Crippen LogP contribution in [0.2, 0.25) is 0 Å². The van der Waals surface area contributed by atoms with Gasteiger partial charge in [0.25, 0.3) is 5.91 Å². The minimum Gasteiger partial charge on any atom is -0.393 e. The van der Waals surface area contributed by atoms with E-state index >= 15 is 0 Å². The van der Waals surface area contributed by atoms with E-state index in [1.807, 2.05) is 0 Å². The summed E-state index contributed by atoms with van der Waals surface area (Å²) in [6.45, 7) is 0. The number of pyridine rings is 1. The lowest BCUT2D eigenvalue weighted by Gasteiger charge is -2.31. The van der Waals surface area contributed by atoms with E-state index in [-0.39, 0.29) is 29.2 Å². The van der Waals surface area contributed by atoms with Crippen molar-refractivity contribution in [3.63, 3.8) is 0 Å². The van der Waals surface area contributed by atoms with E-state index in [4.69, 9.17) is 0 Å². The minimum absolute atomic E-state index is 0.00888. The first-order valence-electron chi connectivity index (χ1n) is 7.81. The van der Waals surface area contributed by atoms with Crippen LogP contribution in [0, 0.1) is 5.82 Å². The Morgan fingerprint density at radius 1 is 1.42 bits per heavy atom. The van der Waals surface area contributed by atoms with Crippen LogP contribution in [0.5, 0.6) is 0 Å². The molecule has 0 radical (unpaired) electrons. The number of aromatic nitrogens is 4. The van der Waals surface area contributed by atoms with E-state index in [0.717, 1.165) is 0 Å². The lowest BCUT2D eigenvalue weighted by molar-refractivity contribution is 0.0435. The van der Waals surface area contributed by atoms with Gasteiger partial charge in [0.15, 0.2) is 9.73 Å². The van der Waals surface area contributed by atoms with Gasteiger partial charge in [-0.1, -0.05) is 0 Å². The maximum Gasteiger partial charge on any atom is 0.275 e. The van der Waals surface area contributed by atoms with Crippen molar-refractivity contribution in [2.75, 3.05) is 5.32 Å². The fourth-order valence-electron chi connectivity index (χ4n) is 2.72. The molecule has 0 aliphatic heterocycles. The molecule has 1 saturated carbocycles. The Morgan fingerprint density at radius 2 is 2.23 bits per heavy atom. The predicted molar refractivity (Wildman–Crippen MR) is 97.5 cm³/mol. The average Bonchev–Trinajstić information content (AvgIpc) is 3.19. The van der Waals surface area contributed by atoms with Gasteiger partial charge in [0.05, 0.1) is 17.8 Å². The number of carbonyl (C=O) groups is 1. The third-order valence-electron chi connectivity index (χ3n) is 4.13. The zero-order valence-corrected chi connectivity index (χ0v) is 15.7. The number of nitrogens with zero attached hydrogens (tertiary/aromatic N) is 4. The van der Waals surface area contributed by atoms with Crippen LogP contribution in [0.25, 0.3) is 11.4 Å². The second-order valence-corrected chi connectivity index (χ2v) is 8.06. The molecule has 134 valence electrons. The van der Waals surface area contributed by atoms with Gasteiger partial charge in [-0.05, 0) is 40.9 Å². The first kappa shape index (κ1) is 17.3. The quantitative estimate of drug-likeness (QED) is 0.653. The number of anilines is 1. The molecule has 1 amide bonds. The monoisotopic (exact) mass is 437 g/mol. The van der Waals surface area contributed by atoms with Crippen molar-refractivity contribution in [2.24, 2.45) is 0 Å². The van der Waals surface area contributed by atoms with Crippen molar-refractivity contribution in [1.82, 2.24) is 19.7 Å². The zero-order chi connectivity index (χ0) is 18.3. The normalized spacial score (nSPS) is 19.2. The Morgan fingerprint density at radius 3 is 2.88 bits per heavy atom. The largest absolute Gasteiger partial charge is 0.393 e. The molecule has 0 atom stereocenters.